The summed E-state index contributed by atoms with van der Waals surface area (Å²) in [4.78, 5) is 0. The lowest BCUT2D eigenvalue weighted by Crippen LogP contribution is -1.98. The molecule has 0 saturated carbocycles. The van der Waals surface area contributed by atoms with Crippen LogP contribution in [0.4, 0.5) is 0 Å². The molecule has 0 saturated heterocycles. The van der Waals surface area contributed by atoms with E-state index >= 15 is 0 Å². The molecule has 0 aliphatic carbocycles. The highest BCUT2D eigenvalue weighted by Crippen LogP contribution is 2.21. The van der Waals surface area contributed by atoms with Crippen molar-refractivity contribution in [3.63, 3.8) is 0 Å². The molecule has 19 heavy (non-hydrogen) atoms. The first-order chi connectivity index (χ1) is 9.09. The Balaban J connectivity index is 3.30. The third-order valence-corrected chi connectivity index (χ3v) is 4.52. The van der Waals surface area contributed by atoms with Crippen molar-refractivity contribution in [3.05, 3.63) is 11.1 Å². The Bertz CT molecular complexity index is 220. The van der Waals surface area contributed by atoms with Crippen LogP contribution in [0.25, 0.3) is 0 Å². The lowest BCUT2D eigenvalue weighted by Gasteiger charge is -2.13. The van der Waals surface area contributed by atoms with Crippen LogP contribution in [-0.2, 0) is 0 Å². The van der Waals surface area contributed by atoms with Gasteiger partial charge in [-0.25, -0.2) is 0 Å². The molecule has 0 aromatic heterocycles. The summed E-state index contributed by atoms with van der Waals surface area (Å²) >= 11 is 0. The van der Waals surface area contributed by atoms with Gasteiger partial charge in [0.05, 0.1) is 0 Å². The maximum Gasteiger partial charge on any atom is -0.0232 e. The molecule has 1 atom stereocenters. The zero-order valence-corrected chi connectivity index (χ0v) is 14.4. The van der Waals surface area contributed by atoms with E-state index in [-0.39, 0.29) is 0 Å². The predicted molar refractivity (Wildman–Crippen MR) is 89.7 cm³/mol. The number of unbranched alkanes of at least 4 members (excludes halogenated alkanes) is 9. The summed E-state index contributed by atoms with van der Waals surface area (Å²) in [5.41, 5.74) is 3.12. The van der Waals surface area contributed by atoms with Crippen LogP contribution in [0.3, 0.4) is 0 Å². The van der Waals surface area contributed by atoms with Crippen LogP contribution >= 0.6 is 0 Å². The summed E-state index contributed by atoms with van der Waals surface area (Å²) in [5, 5.41) is 0. The molecule has 0 rings (SSSR count). The van der Waals surface area contributed by atoms with E-state index in [0.717, 1.165) is 5.92 Å². The van der Waals surface area contributed by atoms with Gasteiger partial charge in [-0.3, -0.25) is 0 Å². The third-order valence-electron chi connectivity index (χ3n) is 4.52. The second kappa shape index (κ2) is 12.8. The Hall–Kier alpha value is -0.260. The maximum absolute atomic E-state index is 2.38. The van der Waals surface area contributed by atoms with Crippen LogP contribution in [-0.4, -0.2) is 0 Å². The molecule has 0 nitrogen and oxygen atoms in total. The number of hydrogen-bond donors (Lipinski definition) is 0. The van der Waals surface area contributed by atoms with Crippen molar-refractivity contribution in [1.82, 2.24) is 0 Å². The molecule has 0 heterocycles. The van der Waals surface area contributed by atoms with E-state index in [1.54, 1.807) is 5.57 Å². The van der Waals surface area contributed by atoms with E-state index in [2.05, 4.69) is 34.6 Å². The molecule has 0 fully saturated rings. The second-order valence-electron chi connectivity index (χ2n) is 6.55. The van der Waals surface area contributed by atoms with Gasteiger partial charge in [0, 0.05) is 0 Å². The van der Waals surface area contributed by atoms with Crippen LogP contribution in [0.2, 0.25) is 0 Å². The standard InChI is InChI=1S/C19H38/c1-6-7-8-9-10-11-12-13-14-15-16-18(4)19(5)17(2)3/h18H,6-16H2,1-5H3. The van der Waals surface area contributed by atoms with Gasteiger partial charge in [0.25, 0.3) is 0 Å². The Labute approximate surface area is 123 Å². The largest absolute Gasteiger partial charge is 0.0772 e. The molecule has 1 unspecified atom stereocenters. The molecular weight excluding hydrogens is 228 g/mol. The number of hydrogen-bond acceptors (Lipinski definition) is 0. The SMILES string of the molecule is CCCCCCCCCCCCC(C)C(C)=C(C)C. The van der Waals surface area contributed by atoms with Crippen molar-refractivity contribution in [2.24, 2.45) is 5.92 Å². The molecule has 0 spiro atoms. The molecule has 114 valence electrons. The van der Waals surface area contributed by atoms with Crippen molar-refractivity contribution >= 4 is 0 Å². The topological polar surface area (TPSA) is 0 Å². The molecule has 0 N–H and O–H groups in total. The maximum atomic E-state index is 2.38. The van der Waals surface area contributed by atoms with Crippen molar-refractivity contribution in [3.8, 4) is 0 Å². The molecule has 0 heteroatoms. The molecule has 0 aliphatic heterocycles. The van der Waals surface area contributed by atoms with E-state index in [4.69, 9.17) is 0 Å². The van der Waals surface area contributed by atoms with Gasteiger partial charge >= 0.3 is 0 Å². The van der Waals surface area contributed by atoms with Crippen molar-refractivity contribution in [1.29, 1.82) is 0 Å². The zero-order chi connectivity index (χ0) is 14.5. The summed E-state index contributed by atoms with van der Waals surface area (Å²) in [6.45, 7) is 11.5. The Kier molecular flexibility index (Phi) is 12.6. The van der Waals surface area contributed by atoms with Crippen molar-refractivity contribution in [2.75, 3.05) is 0 Å². The lowest BCUT2D eigenvalue weighted by molar-refractivity contribution is 0.515. The van der Waals surface area contributed by atoms with Gasteiger partial charge < -0.3 is 0 Å². The molecule has 0 bridgehead atoms. The fourth-order valence-corrected chi connectivity index (χ4v) is 2.65. The minimum Gasteiger partial charge on any atom is -0.0772 e. The monoisotopic (exact) mass is 266 g/mol. The highest BCUT2D eigenvalue weighted by molar-refractivity contribution is 5.09. The summed E-state index contributed by atoms with van der Waals surface area (Å²) < 4.78 is 0. The van der Waals surface area contributed by atoms with E-state index in [1.807, 2.05) is 0 Å². The smallest absolute Gasteiger partial charge is 0.0232 e. The first-order valence-electron chi connectivity index (χ1n) is 8.73. The van der Waals surface area contributed by atoms with E-state index in [1.165, 1.54) is 76.2 Å². The summed E-state index contributed by atoms with van der Waals surface area (Å²) in [6, 6.07) is 0. The predicted octanol–water partition coefficient (Wildman–Crippen LogP) is 7.29. The quantitative estimate of drug-likeness (QED) is 0.257. The van der Waals surface area contributed by atoms with Gasteiger partial charge in [-0.15, -0.1) is 0 Å². The second-order valence-corrected chi connectivity index (χ2v) is 6.55. The Morgan fingerprint density at radius 2 is 1.11 bits per heavy atom. The Morgan fingerprint density at radius 1 is 0.684 bits per heavy atom. The molecule has 0 radical (unpaired) electrons. The minimum atomic E-state index is 0.791. The van der Waals surface area contributed by atoms with Crippen LogP contribution in [0.5, 0.6) is 0 Å². The first kappa shape index (κ1) is 18.7. The van der Waals surface area contributed by atoms with Crippen LogP contribution in [0.1, 0.15) is 105 Å². The van der Waals surface area contributed by atoms with Crippen LogP contribution in [0.15, 0.2) is 11.1 Å². The highest BCUT2D eigenvalue weighted by atomic mass is 14.1. The van der Waals surface area contributed by atoms with Gasteiger partial charge in [-0.05, 0) is 33.1 Å². The zero-order valence-electron chi connectivity index (χ0n) is 14.4. The van der Waals surface area contributed by atoms with E-state index in [9.17, 15) is 0 Å². The lowest BCUT2D eigenvalue weighted by atomic mass is 9.93. The molecule has 0 aromatic rings. The van der Waals surface area contributed by atoms with Crippen LogP contribution < -0.4 is 0 Å². The summed E-state index contributed by atoms with van der Waals surface area (Å²) in [5.74, 6) is 0.791. The fraction of sp³-hybridized carbons (Fsp3) is 0.895. The van der Waals surface area contributed by atoms with Gasteiger partial charge in [0.2, 0.25) is 0 Å². The van der Waals surface area contributed by atoms with E-state index in [0.29, 0.717) is 0 Å². The minimum absolute atomic E-state index is 0.791. The fourth-order valence-electron chi connectivity index (χ4n) is 2.65. The van der Waals surface area contributed by atoms with Crippen molar-refractivity contribution < 1.29 is 0 Å². The van der Waals surface area contributed by atoms with Gasteiger partial charge in [-0.1, -0.05) is 89.2 Å². The van der Waals surface area contributed by atoms with Gasteiger partial charge in [0.15, 0.2) is 0 Å². The number of allylic oxidation sites excluding steroid dienone is 2. The average molecular weight is 267 g/mol. The van der Waals surface area contributed by atoms with Crippen molar-refractivity contribution in [2.45, 2.75) is 105 Å². The average Bonchev–Trinajstić information content (AvgIpc) is 2.39. The normalized spacial score (nSPS) is 12.5. The highest BCUT2D eigenvalue weighted by Gasteiger charge is 2.05. The van der Waals surface area contributed by atoms with Gasteiger partial charge in [-0.2, -0.15) is 0 Å². The molecule has 0 aromatic carbocycles. The Morgan fingerprint density at radius 3 is 1.53 bits per heavy atom. The molecular formula is C19H38. The van der Waals surface area contributed by atoms with Gasteiger partial charge in [0.1, 0.15) is 0 Å². The molecule has 0 aliphatic rings. The first-order valence-corrected chi connectivity index (χ1v) is 8.73. The summed E-state index contributed by atoms with van der Waals surface area (Å²) in [7, 11) is 0. The number of rotatable bonds is 12. The van der Waals surface area contributed by atoms with E-state index < -0.39 is 0 Å². The van der Waals surface area contributed by atoms with Crippen LogP contribution in [0, 0.1) is 5.92 Å². The molecule has 0 amide bonds. The summed E-state index contributed by atoms with van der Waals surface area (Å²) in [6.07, 6.45) is 15.8. The third kappa shape index (κ3) is 11.3.